The predicted octanol–water partition coefficient (Wildman–Crippen LogP) is 3.64. The van der Waals surface area contributed by atoms with Crippen molar-refractivity contribution in [3.05, 3.63) is 33.8 Å². The third-order valence-corrected chi connectivity index (χ3v) is 4.20. The number of aryl methyl sites for hydroxylation is 1. The SMILES string of the molecule is CCC(NCc1cn(C(C)(C)C)nn1)c1csc(C)c1. The van der Waals surface area contributed by atoms with Crippen molar-refractivity contribution in [1.29, 1.82) is 0 Å². The summed E-state index contributed by atoms with van der Waals surface area (Å²) < 4.78 is 1.92. The van der Waals surface area contributed by atoms with E-state index in [0.29, 0.717) is 6.04 Å². The number of rotatable bonds is 5. The van der Waals surface area contributed by atoms with Crippen molar-refractivity contribution in [2.45, 2.75) is 59.2 Å². The summed E-state index contributed by atoms with van der Waals surface area (Å²) in [6.45, 7) is 11.5. The molecule has 0 aromatic carbocycles. The van der Waals surface area contributed by atoms with E-state index in [1.165, 1.54) is 10.4 Å². The molecule has 0 radical (unpaired) electrons. The van der Waals surface area contributed by atoms with E-state index in [0.717, 1.165) is 18.7 Å². The van der Waals surface area contributed by atoms with Crippen LogP contribution in [-0.4, -0.2) is 15.0 Å². The Morgan fingerprint density at radius 3 is 2.65 bits per heavy atom. The van der Waals surface area contributed by atoms with E-state index in [9.17, 15) is 0 Å². The zero-order valence-electron chi connectivity index (χ0n) is 13.0. The molecular weight excluding hydrogens is 268 g/mol. The Kier molecular flexibility index (Phi) is 4.60. The molecule has 0 aliphatic rings. The predicted molar refractivity (Wildman–Crippen MR) is 83.9 cm³/mol. The van der Waals surface area contributed by atoms with Crippen molar-refractivity contribution in [3.8, 4) is 0 Å². The van der Waals surface area contributed by atoms with Crippen LogP contribution in [0.5, 0.6) is 0 Å². The molecule has 0 fully saturated rings. The molecule has 0 aliphatic carbocycles. The van der Waals surface area contributed by atoms with Gasteiger partial charge < -0.3 is 5.32 Å². The topological polar surface area (TPSA) is 42.7 Å². The monoisotopic (exact) mass is 292 g/mol. The summed E-state index contributed by atoms with van der Waals surface area (Å²) in [5, 5.41) is 14.2. The molecule has 2 aromatic rings. The lowest BCUT2D eigenvalue weighted by Gasteiger charge is -2.17. The fraction of sp³-hybridized carbons (Fsp3) is 0.600. The molecule has 0 bridgehead atoms. The van der Waals surface area contributed by atoms with Gasteiger partial charge in [-0.15, -0.1) is 16.4 Å². The first-order valence-corrected chi connectivity index (χ1v) is 7.98. The molecule has 1 atom stereocenters. The molecule has 2 aromatic heterocycles. The zero-order valence-corrected chi connectivity index (χ0v) is 13.8. The standard InChI is InChI=1S/C15H24N4S/c1-6-14(12-7-11(2)20-10-12)16-8-13-9-19(18-17-13)15(3,4)5/h7,9-10,14,16H,6,8H2,1-5H3. The van der Waals surface area contributed by atoms with E-state index in [1.54, 1.807) is 11.3 Å². The molecule has 20 heavy (non-hydrogen) atoms. The molecule has 2 heterocycles. The van der Waals surface area contributed by atoms with Gasteiger partial charge in [0.1, 0.15) is 0 Å². The minimum absolute atomic E-state index is 0.0140. The van der Waals surface area contributed by atoms with Crippen LogP contribution in [0.4, 0.5) is 0 Å². The van der Waals surface area contributed by atoms with Gasteiger partial charge >= 0.3 is 0 Å². The Labute approximate surface area is 125 Å². The van der Waals surface area contributed by atoms with Crippen LogP contribution >= 0.6 is 11.3 Å². The van der Waals surface area contributed by atoms with Crippen molar-refractivity contribution >= 4 is 11.3 Å². The number of aromatic nitrogens is 3. The van der Waals surface area contributed by atoms with Crippen LogP contribution in [0, 0.1) is 6.92 Å². The molecule has 1 unspecified atom stereocenters. The molecule has 2 rings (SSSR count). The maximum absolute atomic E-state index is 4.24. The van der Waals surface area contributed by atoms with E-state index in [1.807, 2.05) is 10.9 Å². The highest BCUT2D eigenvalue weighted by Crippen LogP contribution is 2.23. The summed E-state index contributed by atoms with van der Waals surface area (Å²) in [5.74, 6) is 0. The molecule has 0 aliphatic heterocycles. The van der Waals surface area contributed by atoms with Gasteiger partial charge in [0.05, 0.1) is 17.4 Å². The highest BCUT2D eigenvalue weighted by molar-refractivity contribution is 7.10. The van der Waals surface area contributed by atoms with E-state index in [4.69, 9.17) is 0 Å². The van der Waals surface area contributed by atoms with Crippen LogP contribution < -0.4 is 5.32 Å². The van der Waals surface area contributed by atoms with Gasteiger partial charge in [-0.2, -0.15) is 0 Å². The summed E-state index contributed by atoms with van der Waals surface area (Å²) >= 11 is 1.81. The lowest BCUT2D eigenvalue weighted by Crippen LogP contribution is -2.22. The first kappa shape index (κ1) is 15.2. The highest BCUT2D eigenvalue weighted by atomic mass is 32.1. The average Bonchev–Trinajstić information content (AvgIpc) is 2.99. The van der Waals surface area contributed by atoms with Crippen molar-refractivity contribution in [2.75, 3.05) is 0 Å². The zero-order chi connectivity index (χ0) is 14.8. The molecule has 110 valence electrons. The van der Waals surface area contributed by atoms with Crippen LogP contribution in [0.3, 0.4) is 0 Å². The van der Waals surface area contributed by atoms with Crippen molar-refractivity contribution < 1.29 is 0 Å². The Hall–Kier alpha value is -1.20. The first-order chi connectivity index (χ1) is 9.40. The van der Waals surface area contributed by atoms with Gasteiger partial charge in [0.2, 0.25) is 0 Å². The van der Waals surface area contributed by atoms with Gasteiger partial charge in [-0.05, 0) is 51.1 Å². The Morgan fingerprint density at radius 1 is 1.40 bits per heavy atom. The molecule has 0 spiro atoms. The molecule has 1 N–H and O–H groups in total. The smallest absolute Gasteiger partial charge is 0.0965 e. The summed E-state index contributed by atoms with van der Waals surface area (Å²) in [6, 6.07) is 2.65. The number of nitrogens with one attached hydrogen (secondary N) is 1. The molecule has 0 saturated carbocycles. The van der Waals surface area contributed by atoms with E-state index >= 15 is 0 Å². The fourth-order valence-electron chi connectivity index (χ4n) is 2.08. The van der Waals surface area contributed by atoms with E-state index < -0.39 is 0 Å². The molecule has 0 amide bonds. The van der Waals surface area contributed by atoms with Crippen LogP contribution in [0.2, 0.25) is 0 Å². The summed E-state index contributed by atoms with van der Waals surface area (Å²) in [7, 11) is 0. The maximum atomic E-state index is 4.24. The summed E-state index contributed by atoms with van der Waals surface area (Å²) in [6.07, 6.45) is 3.10. The first-order valence-electron chi connectivity index (χ1n) is 7.10. The minimum Gasteiger partial charge on any atom is -0.304 e. The number of hydrogen-bond donors (Lipinski definition) is 1. The van der Waals surface area contributed by atoms with E-state index in [-0.39, 0.29) is 5.54 Å². The molecule has 4 nitrogen and oxygen atoms in total. The van der Waals surface area contributed by atoms with E-state index in [2.05, 4.69) is 61.7 Å². The lowest BCUT2D eigenvalue weighted by atomic mass is 10.1. The second-order valence-corrected chi connectivity index (χ2v) is 7.27. The van der Waals surface area contributed by atoms with Gasteiger partial charge in [0, 0.05) is 17.5 Å². The summed E-state index contributed by atoms with van der Waals surface area (Å²) in [5.41, 5.74) is 2.35. The number of thiophene rings is 1. The second kappa shape index (κ2) is 6.06. The van der Waals surface area contributed by atoms with Crippen LogP contribution in [0.25, 0.3) is 0 Å². The number of hydrogen-bond acceptors (Lipinski definition) is 4. The maximum Gasteiger partial charge on any atom is 0.0965 e. The average molecular weight is 292 g/mol. The van der Waals surface area contributed by atoms with Crippen LogP contribution in [0.15, 0.2) is 17.6 Å². The Balaban J connectivity index is 1.98. The fourth-order valence-corrected chi connectivity index (χ4v) is 2.84. The summed E-state index contributed by atoms with van der Waals surface area (Å²) in [4.78, 5) is 1.36. The molecule has 0 saturated heterocycles. The highest BCUT2D eigenvalue weighted by Gasteiger charge is 2.16. The van der Waals surface area contributed by atoms with Crippen LogP contribution in [0.1, 0.15) is 56.3 Å². The van der Waals surface area contributed by atoms with Crippen LogP contribution in [-0.2, 0) is 12.1 Å². The Morgan fingerprint density at radius 2 is 2.15 bits per heavy atom. The van der Waals surface area contributed by atoms with Gasteiger partial charge in [0.25, 0.3) is 0 Å². The molecular formula is C15H24N4S. The molecule has 5 heteroatoms. The van der Waals surface area contributed by atoms with Crippen molar-refractivity contribution in [1.82, 2.24) is 20.3 Å². The van der Waals surface area contributed by atoms with Crippen molar-refractivity contribution in [3.63, 3.8) is 0 Å². The second-order valence-electron chi connectivity index (χ2n) is 6.16. The van der Waals surface area contributed by atoms with Crippen molar-refractivity contribution in [2.24, 2.45) is 0 Å². The third kappa shape index (κ3) is 3.67. The lowest BCUT2D eigenvalue weighted by molar-refractivity contribution is 0.346. The minimum atomic E-state index is -0.0140. The quantitative estimate of drug-likeness (QED) is 0.915. The third-order valence-electron chi connectivity index (χ3n) is 3.32. The number of nitrogens with zero attached hydrogens (tertiary/aromatic N) is 3. The van der Waals surface area contributed by atoms with Gasteiger partial charge in [-0.3, -0.25) is 0 Å². The van der Waals surface area contributed by atoms with Gasteiger partial charge in [-0.1, -0.05) is 12.1 Å². The van der Waals surface area contributed by atoms with Gasteiger partial charge in [-0.25, -0.2) is 4.68 Å². The largest absolute Gasteiger partial charge is 0.304 e. The normalized spacial score (nSPS) is 13.7. The van der Waals surface area contributed by atoms with Gasteiger partial charge in [0.15, 0.2) is 0 Å². The Bertz CT molecular complexity index is 550.